The topological polar surface area (TPSA) is 48.7 Å². The molecule has 20 heavy (non-hydrogen) atoms. The number of aromatic nitrogens is 1. The van der Waals surface area contributed by atoms with Gasteiger partial charge in [-0.25, -0.2) is 0 Å². The number of aliphatic hydroxyl groups excluding tert-OH is 1. The molecule has 1 saturated heterocycles. The number of amides is 1. The summed E-state index contributed by atoms with van der Waals surface area (Å²) < 4.78 is 1.92. The fourth-order valence-electron chi connectivity index (χ4n) is 2.91. The summed E-state index contributed by atoms with van der Waals surface area (Å²) in [4.78, 5) is 16.5. The highest BCUT2D eigenvalue weighted by atomic mass is 16.3. The number of carbonyl (C=O) groups excluding carboxylic acids is 1. The molecule has 0 bridgehead atoms. The number of nitrogens with zero attached hydrogens (tertiary/aromatic N) is 3. The van der Waals surface area contributed by atoms with Crippen LogP contribution in [0.15, 0.2) is 24.5 Å². The quantitative estimate of drug-likeness (QED) is 0.888. The largest absolute Gasteiger partial charge is 0.390 e. The molecule has 1 N–H and O–H groups in total. The third-order valence-electron chi connectivity index (χ3n) is 4.27. The van der Waals surface area contributed by atoms with E-state index < -0.39 is 11.6 Å². The van der Waals surface area contributed by atoms with Gasteiger partial charge < -0.3 is 19.5 Å². The minimum Gasteiger partial charge on any atom is -0.390 e. The predicted octanol–water partition coefficient (Wildman–Crippen LogP) is 0.747. The first-order chi connectivity index (χ1) is 9.34. The molecule has 0 aromatic carbocycles. The Morgan fingerprint density at radius 1 is 1.30 bits per heavy atom. The standard InChI is InChI=1S/C15H25N3O2/c1-15(2,18-8-5-6-9-18)14(20)17-10-7-12(16(3)4)13(19)11-17/h5-6,8-9,12-13,19H,7,10-11H2,1-4H3/t12-,13-/m0/s1. The Labute approximate surface area is 120 Å². The van der Waals surface area contributed by atoms with Crippen molar-refractivity contribution in [3.05, 3.63) is 24.5 Å². The first-order valence-corrected chi connectivity index (χ1v) is 7.11. The van der Waals surface area contributed by atoms with Crippen molar-refractivity contribution >= 4 is 5.91 Å². The van der Waals surface area contributed by atoms with E-state index in [-0.39, 0.29) is 11.9 Å². The molecule has 2 heterocycles. The van der Waals surface area contributed by atoms with Crippen LogP contribution in [0.25, 0.3) is 0 Å². The summed E-state index contributed by atoms with van der Waals surface area (Å²) in [6.07, 6.45) is 4.13. The molecule has 2 rings (SSSR count). The van der Waals surface area contributed by atoms with E-state index in [0.29, 0.717) is 13.1 Å². The second kappa shape index (κ2) is 5.58. The minimum atomic E-state index is -0.617. The van der Waals surface area contributed by atoms with Crippen molar-refractivity contribution in [3.8, 4) is 0 Å². The third kappa shape index (κ3) is 2.74. The van der Waals surface area contributed by atoms with E-state index in [9.17, 15) is 9.90 Å². The molecule has 1 fully saturated rings. The number of rotatable bonds is 3. The van der Waals surface area contributed by atoms with Crippen LogP contribution in [0.3, 0.4) is 0 Å². The van der Waals surface area contributed by atoms with Gasteiger partial charge in [0, 0.05) is 31.5 Å². The molecule has 0 aliphatic carbocycles. The molecular formula is C15H25N3O2. The molecule has 1 aliphatic heterocycles. The van der Waals surface area contributed by atoms with Crippen molar-refractivity contribution in [2.24, 2.45) is 0 Å². The lowest BCUT2D eigenvalue weighted by Crippen LogP contribution is -2.57. The smallest absolute Gasteiger partial charge is 0.248 e. The van der Waals surface area contributed by atoms with Crippen LogP contribution in [0.1, 0.15) is 20.3 Å². The maximum absolute atomic E-state index is 12.7. The fourth-order valence-corrected chi connectivity index (χ4v) is 2.91. The molecule has 0 spiro atoms. The van der Waals surface area contributed by atoms with Gasteiger partial charge in [0.15, 0.2) is 0 Å². The van der Waals surface area contributed by atoms with E-state index in [4.69, 9.17) is 0 Å². The molecule has 1 aromatic rings. The van der Waals surface area contributed by atoms with Gasteiger partial charge in [-0.3, -0.25) is 4.79 Å². The molecule has 0 radical (unpaired) electrons. The molecule has 112 valence electrons. The monoisotopic (exact) mass is 279 g/mol. The van der Waals surface area contributed by atoms with Gasteiger partial charge >= 0.3 is 0 Å². The van der Waals surface area contributed by atoms with Crippen LogP contribution in [0.5, 0.6) is 0 Å². The van der Waals surface area contributed by atoms with E-state index in [0.717, 1.165) is 6.42 Å². The SMILES string of the molecule is CN(C)[C@H]1CCN(C(=O)C(C)(C)n2cccc2)C[C@@H]1O. The minimum absolute atomic E-state index is 0.0601. The van der Waals surface area contributed by atoms with Crippen molar-refractivity contribution in [2.45, 2.75) is 38.0 Å². The van der Waals surface area contributed by atoms with E-state index >= 15 is 0 Å². The predicted molar refractivity (Wildman–Crippen MR) is 78.4 cm³/mol. The van der Waals surface area contributed by atoms with Crippen LogP contribution < -0.4 is 0 Å². The van der Waals surface area contributed by atoms with Gasteiger partial charge in [0.1, 0.15) is 5.54 Å². The lowest BCUT2D eigenvalue weighted by molar-refractivity contribution is -0.144. The van der Waals surface area contributed by atoms with Gasteiger partial charge in [0.25, 0.3) is 0 Å². The number of piperidine rings is 1. The molecule has 0 unspecified atom stereocenters. The number of hydrogen-bond donors (Lipinski definition) is 1. The second-order valence-electron chi connectivity index (χ2n) is 6.29. The van der Waals surface area contributed by atoms with Crippen molar-refractivity contribution in [2.75, 3.05) is 27.2 Å². The van der Waals surface area contributed by atoms with Crippen LogP contribution >= 0.6 is 0 Å². The molecule has 5 heteroatoms. The number of aliphatic hydroxyl groups is 1. The molecule has 1 aliphatic rings. The van der Waals surface area contributed by atoms with E-state index in [1.165, 1.54) is 0 Å². The van der Waals surface area contributed by atoms with Crippen molar-refractivity contribution in [1.82, 2.24) is 14.4 Å². The highest BCUT2D eigenvalue weighted by molar-refractivity contribution is 5.84. The first-order valence-electron chi connectivity index (χ1n) is 7.11. The Morgan fingerprint density at radius 3 is 2.40 bits per heavy atom. The maximum Gasteiger partial charge on any atom is 0.248 e. The van der Waals surface area contributed by atoms with Crippen molar-refractivity contribution in [3.63, 3.8) is 0 Å². The van der Waals surface area contributed by atoms with Crippen LogP contribution in [-0.4, -0.2) is 64.7 Å². The normalized spacial score (nSPS) is 24.2. The van der Waals surface area contributed by atoms with Crippen LogP contribution in [0.4, 0.5) is 0 Å². The number of β-amino-alcohol motifs (C(OH)–C–C–N with tert-alkyl or cyclic N) is 1. The van der Waals surface area contributed by atoms with Crippen LogP contribution in [-0.2, 0) is 10.3 Å². The van der Waals surface area contributed by atoms with Gasteiger partial charge in [-0.2, -0.15) is 0 Å². The van der Waals surface area contributed by atoms with Crippen molar-refractivity contribution in [1.29, 1.82) is 0 Å². The third-order valence-corrected chi connectivity index (χ3v) is 4.27. The number of carbonyl (C=O) groups is 1. The molecule has 1 aromatic heterocycles. The number of likely N-dealkylation sites (N-methyl/N-ethyl adjacent to an activating group) is 1. The van der Waals surface area contributed by atoms with Gasteiger partial charge in [-0.15, -0.1) is 0 Å². The second-order valence-corrected chi connectivity index (χ2v) is 6.29. The Kier molecular flexibility index (Phi) is 4.20. The summed E-state index contributed by atoms with van der Waals surface area (Å²) in [6, 6.07) is 3.97. The maximum atomic E-state index is 12.7. The first kappa shape index (κ1) is 15.1. The summed E-state index contributed by atoms with van der Waals surface area (Å²) in [5.41, 5.74) is -0.617. The highest BCUT2D eigenvalue weighted by Gasteiger charge is 2.38. The number of hydrogen-bond acceptors (Lipinski definition) is 3. The summed E-state index contributed by atoms with van der Waals surface area (Å²) in [5, 5.41) is 10.2. The van der Waals surface area contributed by atoms with Crippen molar-refractivity contribution < 1.29 is 9.90 Å². The van der Waals surface area contributed by atoms with E-state index in [2.05, 4.69) is 0 Å². The fraction of sp³-hybridized carbons (Fsp3) is 0.667. The Bertz CT molecular complexity index is 454. The molecule has 0 saturated carbocycles. The molecular weight excluding hydrogens is 254 g/mol. The Morgan fingerprint density at radius 2 is 1.90 bits per heavy atom. The molecule has 1 amide bonds. The molecule has 5 nitrogen and oxygen atoms in total. The van der Waals surface area contributed by atoms with E-state index in [1.807, 2.05) is 61.9 Å². The van der Waals surface area contributed by atoms with Gasteiger partial charge in [0.2, 0.25) is 5.91 Å². The van der Waals surface area contributed by atoms with Gasteiger partial charge in [0.05, 0.1) is 6.10 Å². The van der Waals surface area contributed by atoms with E-state index in [1.54, 1.807) is 4.90 Å². The lowest BCUT2D eigenvalue weighted by atomic mass is 9.97. The zero-order chi connectivity index (χ0) is 14.9. The Balaban J connectivity index is 2.08. The number of likely N-dealkylation sites (tertiary alicyclic amines) is 1. The highest BCUT2D eigenvalue weighted by Crippen LogP contribution is 2.23. The average Bonchev–Trinajstić information content (AvgIpc) is 2.91. The van der Waals surface area contributed by atoms with Gasteiger partial charge in [-0.05, 0) is 46.5 Å². The zero-order valence-electron chi connectivity index (χ0n) is 12.8. The summed E-state index contributed by atoms with van der Waals surface area (Å²) >= 11 is 0. The van der Waals surface area contributed by atoms with Gasteiger partial charge in [-0.1, -0.05) is 0 Å². The van der Waals surface area contributed by atoms with Crippen LogP contribution in [0.2, 0.25) is 0 Å². The zero-order valence-corrected chi connectivity index (χ0v) is 12.8. The van der Waals surface area contributed by atoms with Crippen LogP contribution in [0, 0.1) is 0 Å². The summed E-state index contributed by atoms with van der Waals surface area (Å²) in [6.45, 7) is 4.94. The summed E-state index contributed by atoms with van der Waals surface area (Å²) in [7, 11) is 3.93. The Hall–Kier alpha value is -1.33. The average molecular weight is 279 g/mol. The summed E-state index contributed by atoms with van der Waals surface area (Å²) in [5.74, 6) is 0.0601. The lowest BCUT2D eigenvalue weighted by Gasteiger charge is -2.42. The molecule has 2 atom stereocenters.